The summed E-state index contributed by atoms with van der Waals surface area (Å²) in [5.41, 5.74) is 7.17. The normalized spacial score (nSPS) is 29.5. The molecule has 0 aliphatic carbocycles. The quantitative estimate of drug-likeness (QED) is 0.729. The van der Waals surface area contributed by atoms with Crippen LogP contribution in [0.5, 0.6) is 0 Å². The highest BCUT2D eigenvalue weighted by Gasteiger charge is 2.40. The van der Waals surface area contributed by atoms with Crippen LogP contribution in [0.3, 0.4) is 0 Å². The molecule has 14 heavy (non-hydrogen) atoms. The van der Waals surface area contributed by atoms with Crippen LogP contribution in [0.2, 0.25) is 0 Å². The van der Waals surface area contributed by atoms with E-state index in [1.54, 1.807) is 0 Å². The van der Waals surface area contributed by atoms with Gasteiger partial charge in [-0.15, -0.1) is 0 Å². The molecule has 1 unspecified atom stereocenters. The van der Waals surface area contributed by atoms with E-state index in [0.717, 1.165) is 5.57 Å². The minimum absolute atomic E-state index is 0.393. The maximum atomic E-state index is 10.8. The summed E-state index contributed by atoms with van der Waals surface area (Å²) in [6.45, 7) is 3.70. The molecule has 0 radical (unpaired) electrons. The van der Waals surface area contributed by atoms with E-state index in [2.05, 4.69) is 0 Å². The number of carbonyl (C=O) groups is 1. The zero-order valence-corrected chi connectivity index (χ0v) is 8.92. The topological polar surface area (TPSA) is 66.6 Å². The lowest BCUT2D eigenvalue weighted by Crippen LogP contribution is -2.50. The fraction of sp³-hybridized carbons (Fsp3) is 0.667. The lowest BCUT2D eigenvalue weighted by molar-refractivity contribution is -0.142. The number of aliphatic carboxylic acids is 1. The minimum atomic E-state index is -1.08. The molecular weight excluding hydrogens is 204 g/mol. The van der Waals surface area contributed by atoms with Crippen LogP contribution in [0.15, 0.2) is 11.1 Å². The largest absolute Gasteiger partial charge is 0.480 e. The van der Waals surface area contributed by atoms with E-state index in [9.17, 15) is 4.79 Å². The van der Waals surface area contributed by atoms with Crippen molar-refractivity contribution in [2.75, 3.05) is 19.6 Å². The Bertz CT molecular complexity index is 268. The first-order chi connectivity index (χ1) is 6.48. The van der Waals surface area contributed by atoms with Crippen molar-refractivity contribution in [3.63, 3.8) is 0 Å². The van der Waals surface area contributed by atoms with Crippen molar-refractivity contribution in [3.05, 3.63) is 11.1 Å². The third-order valence-corrected chi connectivity index (χ3v) is 2.84. The monoisotopic (exact) mass is 218 g/mol. The van der Waals surface area contributed by atoms with Gasteiger partial charge in [-0.1, -0.05) is 11.6 Å². The van der Waals surface area contributed by atoms with Gasteiger partial charge < -0.3 is 10.8 Å². The fourth-order valence-electron chi connectivity index (χ4n) is 1.61. The molecule has 0 spiro atoms. The average molecular weight is 219 g/mol. The van der Waals surface area contributed by atoms with Crippen LogP contribution in [-0.2, 0) is 4.79 Å². The Balaban J connectivity index is 2.53. The van der Waals surface area contributed by atoms with Gasteiger partial charge in [-0.3, -0.25) is 9.69 Å². The maximum Gasteiger partial charge on any atom is 0.325 e. The van der Waals surface area contributed by atoms with Gasteiger partial charge in [0.25, 0.3) is 0 Å². The molecule has 4 nitrogen and oxygen atoms in total. The summed E-state index contributed by atoms with van der Waals surface area (Å²) in [5, 5.41) is 8.89. The van der Waals surface area contributed by atoms with E-state index in [1.165, 1.54) is 5.54 Å². The molecule has 0 saturated carbocycles. The Morgan fingerprint density at radius 3 is 2.86 bits per heavy atom. The van der Waals surface area contributed by atoms with Crippen LogP contribution in [0.4, 0.5) is 0 Å². The first-order valence-corrected chi connectivity index (χ1v) is 4.92. The average Bonchev–Trinajstić information content (AvgIpc) is 2.49. The number of hydrogen-bond acceptors (Lipinski definition) is 3. The molecule has 1 fully saturated rings. The summed E-state index contributed by atoms with van der Waals surface area (Å²) < 4.78 is 0. The van der Waals surface area contributed by atoms with Crippen LogP contribution in [0.25, 0.3) is 0 Å². The van der Waals surface area contributed by atoms with Gasteiger partial charge in [0.05, 0.1) is 0 Å². The van der Waals surface area contributed by atoms with E-state index in [0.29, 0.717) is 26.1 Å². The van der Waals surface area contributed by atoms with Gasteiger partial charge in [-0.25, -0.2) is 0 Å². The first kappa shape index (κ1) is 11.5. The molecule has 5 heteroatoms. The van der Waals surface area contributed by atoms with Crippen molar-refractivity contribution in [2.24, 2.45) is 5.73 Å². The number of carboxylic acid groups (broad SMARTS) is 1. The highest BCUT2D eigenvalue weighted by Crippen LogP contribution is 2.19. The number of carboxylic acids is 1. The summed E-state index contributed by atoms with van der Waals surface area (Å²) in [6, 6.07) is 0. The van der Waals surface area contributed by atoms with Crippen molar-refractivity contribution < 1.29 is 9.90 Å². The van der Waals surface area contributed by atoms with E-state index < -0.39 is 11.5 Å². The Morgan fingerprint density at radius 2 is 2.43 bits per heavy atom. The summed E-state index contributed by atoms with van der Waals surface area (Å²) in [7, 11) is 0. The molecule has 1 aliphatic rings. The van der Waals surface area contributed by atoms with Gasteiger partial charge in [0.1, 0.15) is 5.54 Å². The molecule has 0 aromatic rings. The number of nitrogens with zero attached hydrogens (tertiary/aromatic N) is 1. The van der Waals surface area contributed by atoms with Gasteiger partial charge in [0, 0.05) is 25.2 Å². The van der Waals surface area contributed by atoms with Crippen molar-refractivity contribution >= 4 is 17.6 Å². The van der Waals surface area contributed by atoms with Crippen LogP contribution < -0.4 is 5.73 Å². The smallest absolute Gasteiger partial charge is 0.325 e. The lowest BCUT2D eigenvalue weighted by atomic mass is 10.0. The highest BCUT2D eigenvalue weighted by atomic mass is 35.5. The Labute approximate surface area is 88.3 Å². The van der Waals surface area contributed by atoms with Crippen molar-refractivity contribution in [1.82, 2.24) is 4.90 Å². The lowest BCUT2D eigenvalue weighted by Gasteiger charge is -2.19. The molecule has 1 saturated heterocycles. The number of likely N-dealkylation sites (tertiary alicyclic amines) is 1. The van der Waals surface area contributed by atoms with Crippen LogP contribution >= 0.6 is 11.6 Å². The van der Waals surface area contributed by atoms with Crippen molar-refractivity contribution in [3.8, 4) is 0 Å². The van der Waals surface area contributed by atoms with Gasteiger partial charge in [0.2, 0.25) is 0 Å². The van der Waals surface area contributed by atoms with E-state index in [-0.39, 0.29) is 0 Å². The SMILES string of the molecule is CC(=CCl)CN1CCC(N)(C(=O)O)C1. The van der Waals surface area contributed by atoms with Crippen LogP contribution in [0.1, 0.15) is 13.3 Å². The molecular formula is C9H15ClN2O2. The predicted molar refractivity (Wildman–Crippen MR) is 55.2 cm³/mol. The summed E-state index contributed by atoms with van der Waals surface area (Å²) >= 11 is 5.53. The maximum absolute atomic E-state index is 10.8. The molecule has 80 valence electrons. The highest BCUT2D eigenvalue weighted by molar-refractivity contribution is 6.25. The number of halogens is 1. The van der Waals surface area contributed by atoms with Crippen LogP contribution in [0, 0.1) is 0 Å². The molecule has 1 rings (SSSR count). The molecule has 1 atom stereocenters. The molecule has 1 aliphatic heterocycles. The second kappa shape index (κ2) is 4.29. The Kier molecular flexibility index (Phi) is 3.53. The number of nitrogens with two attached hydrogens (primary N) is 1. The van der Waals surface area contributed by atoms with Crippen molar-refractivity contribution in [1.29, 1.82) is 0 Å². The van der Waals surface area contributed by atoms with Gasteiger partial charge >= 0.3 is 5.97 Å². The van der Waals surface area contributed by atoms with E-state index in [4.69, 9.17) is 22.4 Å². The van der Waals surface area contributed by atoms with E-state index >= 15 is 0 Å². The standard InChI is InChI=1S/C9H15ClN2O2/c1-7(4-10)5-12-3-2-9(11,6-12)8(13)14/h4H,2-3,5-6,11H2,1H3,(H,13,14). The second-order valence-corrected chi connectivity index (χ2v) is 4.10. The number of rotatable bonds is 3. The Morgan fingerprint density at radius 1 is 1.79 bits per heavy atom. The van der Waals surface area contributed by atoms with E-state index in [1.807, 2.05) is 11.8 Å². The predicted octanol–water partition coefficient (Wildman–Crippen LogP) is 0.617. The molecule has 0 aromatic carbocycles. The van der Waals surface area contributed by atoms with Gasteiger partial charge in [0.15, 0.2) is 0 Å². The zero-order valence-electron chi connectivity index (χ0n) is 8.16. The summed E-state index contributed by atoms with van der Waals surface area (Å²) in [4.78, 5) is 12.8. The first-order valence-electron chi connectivity index (χ1n) is 4.48. The number of hydrogen-bond donors (Lipinski definition) is 2. The summed E-state index contributed by atoms with van der Waals surface area (Å²) in [6.07, 6.45) is 0.498. The minimum Gasteiger partial charge on any atom is -0.480 e. The zero-order chi connectivity index (χ0) is 10.8. The second-order valence-electron chi connectivity index (χ2n) is 3.88. The molecule has 1 heterocycles. The summed E-state index contributed by atoms with van der Waals surface area (Å²) in [5.74, 6) is -0.924. The van der Waals surface area contributed by atoms with Gasteiger partial charge in [-0.05, 0) is 18.9 Å². The fourth-order valence-corrected chi connectivity index (χ4v) is 1.68. The van der Waals surface area contributed by atoms with Gasteiger partial charge in [-0.2, -0.15) is 0 Å². The molecule has 0 aromatic heterocycles. The van der Waals surface area contributed by atoms with Crippen LogP contribution in [-0.4, -0.2) is 41.1 Å². The molecule has 0 amide bonds. The van der Waals surface area contributed by atoms with Crippen molar-refractivity contribution in [2.45, 2.75) is 18.9 Å². The molecule has 0 bridgehead atoms. The third-order valence-electron chi connectivity index (χ3n) is 2.47. The third kappa shape index (κ3) is 2.47. The Hall–Kier alpha value is -0.580. The molecule has 3 N–H and O–H groups in total.